The summed E-state index contributed by atoms with van der Waals surface area (Å²) in [5, 5.41) is 0. The molecule has 15 heavy (non-hydrogen) atoms. The maximum atomic E-state index is 10.6. The molecule has 0 N–H and O–H groups in total. The number of rotatable bonds is 5. The van der Waals surface area contributed by atoms with Gasteiger partial charge in [0, 0.05) is 12.3 Å². The first-order chi connectivity index (χ1) is 7.16. The van der Waals surface area contributed by atoms with Crippen molar-refractivity contribution in [2.24, 2.45) is 5.92 Å². The van der Waals surface area contributed by atoms with Crippen LogP contribution in [0.1, 0.15) is 18.9 Å². The predicted octanol–water partition coefficient (Wildman–Crippen LogP) is 3.48. The zero-order valence-corrected chi connectivity index (χ0v) is 9.07. The van der Waals surface area contributed by atoms with Gasteiger partial charge in [0.25, 0.3) is 0 Å². The summed E-state index contributed by atoms with van der Waals surface area (Å²) < 4.78 is 0. The molecule has 1 atom stereocenters. The van der Waals surface area contributed by atoms with Gasteiger partial charge < -0.3 is 4.79 Å². The maximum absolute atomic E-state index is 10.6. The van der Waals surface area contributed by atoms with Crippen molar-refractivity contribution in [1.29, 1.82) is 0 Å². The van der Waals surface area contributed by atoms with Gasteiger partial charge in [-0.05, 0) is 18.1 Å². The van der Waals surface area contributed by atoms with E-state index in [1.807, 2.05) is 37.3 Å². The average Bonchev–Trinajstić information content (AvgIpc) is 2.26. The van der Waals surface area contributed by atoms with Crippen molar-refractivity contribution < 1.29 is 4.79 Å². The van der Waals surface area contributed by atoms with Crippen LogP contribution in [-0.4, -0.2) is 6.29 Å². The molecule has 1 nitrogen and oxygen atoms in total. The highest BCUT2D eigenvalue weighted by atomic mass is 16.1. The summed E-state index contributed by atoms with van der Waals surface area (Å²) >= 11 is 0. The van der Waals surface area contributed by atoms with E-state index in [0.29, 0.717) is 6.42 Å². The Labute approximate surface area is 91.1 Å². The van der Waals surface area contributed by atoms with Crippen LogP contribution in [0.5, 0.6) is 0 Å². The normalized spacial score (nSPS) is 11.8. The molecule has 0 aliphatic carbocycles. The van der Waals surface area contributed by atoms with Crippen LogP contribution in [0.2, 0.25) is 0 Å². The lowest BCUT2D eigenvalue weighted by molar-refractivity contribution is -0.108. The van der Waals surface area contributed by atoms with E-state index >= 15 is 0 Å². The molecule has 0 radical (unpaired) electrons. The Hall–Kier alpha value is -1.63. The molecule has 0 aromatic heterocycles. The number of carbonyl (C=O) groups is 1. The molecule has 0 amide bonds. The van der Waals surface area contributed by atoms with Gasteiger partial charge in [-0.25, -0.2) is 0 Å². The Morgan fingerprint density at radius 3 is 2.40 bits per heavy atom. The van der Waals surface area contributed by atoms with Gasteiger partial charge in [0.1, 0.15) is 6.29 Å². The molecule has 1 heteroatoms. The number of benzene rings is 1. The lowest BCUT2D eigenvalue weighted by Gasteiger charge is -2.17. The van der Waals surface area contributed by atoms with Gasteiger partial charge in [-0.1, -0.05) is 49.1 Å². The first kappa shape index (κ1) is 11.4. The van der Waals surface area contributed by atoms with E-state index in [1.165, 1.54) is 0 Å². The van der Waals surface area contributed by atoms with Crippen molar-refractivity contribution in [3.8, 4) is 0 Å². The topological polar surface area (TPSA) is 17.1 Å². The van der Waals surface area contributed by atoms with Crippen LogP contribution in [0.3, 0.4) is 0 Å². The minimum atomic E-state index is 0.0601. The maximum Gasteiger partial charge on any atom is 0.120 e. The van der Waals surface area contributed by atoms with Gasteiger partial charge in [0.15, 0.2) is 0 Å². The molecule has 0 saturated carbocycles. The molecular weight excluding hydrogens is 184 g/mol. The second-order valence-electron chi connectivity index (χ2n) is 3.69. The Morgan fingerprint density at radius 2 is 1.93 bits per heavy atom. The lowest BCUT2D eigenvalue weighted by Crippen LogP contribution is -2.04. The van der Waals surface area contributed by atoms with Crippen LogP contribution in [0, 0.1) is 5.92 Å². The third-order valence-corrected chi connectivity index (χ3v) is 2.49. The second-order valence-corrected chi connectivity index (χ2v) is 3.69. The van der Waals surface area contributed by atoms with Crippen molar-refractivity contribution in [1.82, 2.24) is 0 Å². The molecule has 0 spiro atoms. The fraction of sp³-hybridized carbons (Fsp3) is 0.214. The molecule has 1 aromatic rings. The van der Waals surface area contributed by atoms with Gasteiger partial charge in [0.2, 0.25) is 0 Å². The summed E-state index contributed by atoms with van der Waals surface area (Å²) in [6.45, 7) is 9.88. The van der Waals surface area contributed by atoms with Crippen LogP contribution < -0.4 is 0 Å². The minimum Gasteiger partial charge on any atom is -0.303 e. The standard InChI is InChI=1S/C14H16O/c1-11(2)14(9-10-15)12(3)13-7-5-4-6-8-13/h4-8,10,14H,1,3,9H2,2H3. The van der Waals surface area contributed by atoms with Crippen molar-refractivity contribution in [3.05, 3.63) is 54.6 Å². The molecule has 0 saturated heterocycles. The number of hydrogen-bond acceptors (Lipinski definition) is 1. The summed E-state index contributed by atoms with van der Waals surface area (Å²) in [4.78, 5) is 10.6. The second kappa shape index (κ2) is 5.30. The summed E-state index contributed by atoms with van der Waals surface area (Å²) in [6.07, 6.45) is 1.39. The van der Waals surface area contributed by atoms with Crippen LogP contribution in [0.4, 0.5) is 0 Å². The van der Waals surface area contributed by atoms with Crippen LogP contribution in [0.25, 0.3) is 5.57 Å². The molecule has 1 aromatic carbocycles. The lowest BCUT2D eigenvalue weighted by atomic mass is 9.87. The number of carbonyl (C=O) groups excluding carboxylic acids is 1. The van der Waals surface area contributed by atoms with Crippen molar-refractivity contribution >= 4 is 11.9 Å². The highest BCUT2D eigenvalue weighted by molar-refractivity contribution is 5.70. The van der Waals surface area contributed by atoms with Crippen molar-refractivity contribution in [3.63, 3.8) is 0 Å². The first-order valence-corrected chi connectivity index (χ1v) is 5.00. The SMILES string of the molecule is C=C(C)C(CC=O)C(=C)c1ccccc1. The van der Waals surface area contributed by atoms with Crippen LogP contribution >= 0.6 is 0 Å². The quantitative estimate of drug-likeness (QED) is 0.525. The minimum absolute atomic E-state index is 0.0601. The van der Waals surface area contributed by atoms with E-state index in [0.717, 1.165) is 23.0 Å². The third kappa shape index (κ3) is 2.91. The summed E-state index contributed by atoms with van der Waals surface area (Å²) in [5.41, 5.74) is 3.03. The molecule has 78 valence electrons. The van der Waals surface area contributed by atoms with E-state index in [1.54, 1.807) is 0 Å². The van der Waals surface area contributed by atoms with Gasteiger partial charge in [0.05, 0.1) is 0 Å². The smallest absolute Gasteiger partial charge is 0.120 e. The largest absolute Gasteiger partial charge is 0.303 e. The molecule has 0 aliphatic heterocycles. The zero-order valence-electron chi connectivity index (χ0n) is 9.07. The van der Waals surface area contributed by atoms with Gasteiger partial charge in [-0.2, -0.15) is 0 Å². The molecule has 0 aliphatic rings. The highest BCUT2D eigenvalue weighted by Gasteiger charge is 2.13. The fourth-order valence-corrected chi connectivity index (χ4v) is 1.59. The number of hydrogen-bond donors (Lipinski definition) is 0. The molecule has 0 bridgehead atoms. The zero-order chi connectivity index (χ0) is 11.3. The molecule has 1 unspecified atom stereocenters. The van der Waals surface area contributed by atoms with E-state index in [4.69, 9.17) is 0 Å². The number of allylic oxidation sites excluding steroid dienone is 2. The summed E-state index contributed by atoms with van der Waals surface area (Å²) in [5.74, 6) is 0.0601. The molecule has 0 heterocycles. The average molecular weight is 200 g/mol. The van der Waals surface area contributed by atoms with Crippen LogP contribution in [0.15, 0.2) is 49.1 Å². The summed E-state index contributed by atoms with van der Waals surface area (Å²) in [6, 6.07) is 9.91. The molecule has 1 rings (SSSR count). The Bertz CT molecular complexity index is 362. The monoisotopic (exact) mass is 200 g/mol. The number of aldehydes is 1. The fourth-order valence-electron chi connectivity index (χ4n) is 1.59. The summed E-state index contributed by atoms with van der Waals surface area (Å²) in [7, 11) is 0. The van der Waals surface area contributed by atoms with Gasteiger partial charge in [-0.3, -0.25) is 0 Å². The first-order valence-electron chi connectivity index (χ1n) is 5.00. The van der Waals surface area contributed by atoms with Crippen LogP contribution in [-0.2, 0) is 4.79 Å². The van der Waals surface area contributed by atoms with E-state index in [2.05, 4.69) is 13.2 Å². The van der Waals surface area contributed by atoms with E-state index < -0.39 is 0 Å². The molecule has 0 fully saturated rings. The van der Waals surface area contributed by atoms with Crippen molar-refractivity contribution in [2.45, 2.75) is 13.3 Å². The Kier molecular flexibility index (Phi) is 4.04. The Balaban J connectivity index is 2.91. The van der Waals surface area contributed by atoms with Gasteiger partial charge >= 0.3 is 0 Å². The third-order valence-electron chi connectivity index (χ3n) is 2.49. The molecular formula is C14H16O. The van der Waals surface area contributed by atoms with Crippen molar-refractivity contribution in [2.75, 3.05) is 0 Å². The van der Waals surface area contributed by atoms with Gasteiger partial charge in [-0.15, -0.1) is 0 Å². The van der Waals surface area contributed by atoms with E-state index in [-0.39, 0.29) is 5.92 Å². The van der Waals surface area contributed by atoms with E-state index in [9.17, 15) is 4.79 Å². The predicted molar refractivity (Wildman–Crippen MR) is 64.5 cm³/mol. The highest BCUT2D eigenvalue weighted by Crippen LogP contribution is 2.28. The Morgan fingerprint density at radius 1 is 1.33 bits per heavy atom.